The highest BCUT2D eigenvalue weighted by atomic mass is 32.1. The van der Waals surface area contributed by atoms with Gasteiger partial charge in [0.2, 0.25) is 0 Å². The summed E-state index contributed by atoms with van der Waals surface area (Å²) >= 11 is 1.42. The van der Waals surface area contributed by atoms with Crippen LogP contribution >= 0.6 is 11.3 Å². The standard InChI is InChI=1S/C15H11N3O2S/c16-14-10-5-12(9-3-1-8(7-19)2-4-9)21-13(10)11(6-18-14)15(17)20/h1-7H,(H2,16,18)(H2,17,20). The Morgan fingerprint density at radius 2 is 1.95 bits per heavy atom. The van der Waals surface area contributed by atoms with Gasteiger partial charge in [-0.15, -0.1) is 11.3 Å². The third-order valence-corrected chi connectivity index (χ3v) is 4.40. The fraction of sp³-hybridized carbons (Fsp3) is 0. The van der Waals surface area contributed by atoms with E-state index in [1.54, 1.807) is 12.1 Å². The molecule has 0 unspecified atom stereocenters. The Morgan fingerprint density at radius 1 is 1.24 bits per heavy atom. The number of carbonyl (C=O) groups excluding carboxylic acids is 2. The summed E-state index contributed by atoms with van der Waals surface area (Å²) in [5.74, 6) is -0.167. The Morgan fingerprint density at radius 3 is 2.57 bits per heavy atom. The number of primary amides is 1. The van der Waals surface area contributed by atoms with E-state index in [1.165, 1.54) is 17.5 Å². The highest BCUT2D eigenvalue weighted by Gasteiger charge is 2.14. The third kappa shape index (κ3) is 2.25. The van der Waals surface area contributed by atoms with Crippen LogP contribution in [0.4, 0.5) is 5.82 Å². The van der Waals surface area contributed by atoms with Crippen LogP contribution in [0.3, 0.4) is 0 Å². The molecule has 0 aliphatic rings. The van der Waals surface area contributed by atoms with Crippen molar-refractivity contribution < 1.29 is 9.59 Å². The van der Waals surface area contributed by atoms with Crippen molar-refractivity contribution in [2.24, 2.45) is 5.73 Å². The van der Waals surface area contributed by atoms with Crippen LogP contribution in [0.15, 0.2) is 36.5 Å². The third-order valence-electron chi connectivity index (χ3n) is 3.18. The van der Waals surface area contributed by atoms with Crippen LogP contribution < -0.4 is 11.5 Å². The van der Waals surface area contributed by atoms with E-state index in [1.807, 2.05) is 18.2 Å². The van der Waals surface area contributed by atoms with Crippen molar-refractivity contribution in [1.82, 2.24) is 4.98 Å². The van der Waals surface area contributed by atoms with Gasteiger partial charge in [-0.05, 0) is 11.6 Å². The number of aromatic nitrogens is 1. The fourth-order valence-electron chi connectivity index (χ4n) is 2.09. The van der Waals surface area contributed by atoms with Crippen molar-refractivity contribution >= 4 is 39.4 Å². The molecule has 5 nitrogen and oxygen atoms in total. The number of anilines is 1. The molecule has 0 radical (unpaired) electrons. The van der Waals surface area contributed by atoms with Crippen LogP contribution in [0, 0.1) is 0 Å². The van der Waals surface area contributed by atoms with E-state index in [-0.39, 0.29) is 0 Å². The maximum Gasteiger partial charge on any atom is 0.251 e. The summed E-state index contributed by atoms with van der Waals surface area (Å²) in [6, 6.07) is 9.06. The van der Waals surface area contributed by atoms with Gasteiger partial charge in [-0.2, -0.15) is 0 Å². The molecule has 1 aromatic carbocycles. The van der Waals surface area contributed by atoms with Crippen molar-refractivity contribution in [3.05, 3.63) is 47.7 Å². The first kappa shape index (κ1) is 13.3. The molecule has 0 saturated heterocycles. The van der Waals surface area contributed by atoms with Gasteiger partial charge in [0.05, 0.1) is 10.3 Å². The summed E-state index contributed by atoms with van der Waals surface area (Å²) in [6.45, 7) is 0. The van der Waals surface area contributed by atoms with E-state index in [0.717, 1.165) is 21.4 Å². The number of benzene rings is 1. The second kappa shape index (κ2) is 4.99. The SMILES string of the molecule is NC(=O)c1cnc(N)c2cc(-c3ccc(C=O)cc3)sc12. The molecule has 0 aliphatic heterocycles. The molecule has 21 heavy (non-hydrogen) atoms. The number of aldehydes is 1. The zero-order valence-electron chi connectivity index (χ0n) is 10.9. The van der Waals surface area contributed by atoms with Crippen LogP contribution in [0.25, 0.3) is 20.5 Å². The molecular formula is C15H11N3O2S. The Labute approximate surface area is 124 Å². The molecule has 104 valence electrons. The van der Waals surface area contributed by atoms with Gasteiger partial charge in [-0.25, -0.2) is 4.98 Å². The summed E-state index contributed by atoms with van der Waals surface area (Å²) < 4.78 is 0.726. The number of hydrogen-bond donors (Lipinski definition) is 2. The monoisotopic (exact) mass is 297 g/mol. The normalized spacial score (nSPS) is 10.7. The number of rotatable bonds is 3. The van der Waals surface area contributed by atoms with Crippen molar-refractivity contribution in [1.29, 1.82) is 0 Å². The smallest absolute Gasteiger partial charge is 0.251 e. The predicted molar refractivity (Wildman–Crippen MR) is 83.4 cm³/mol. The quantitative estimate of drug-likeness (QED) is 0.725. The molecule has 0 saturated carbocycles. The summed E-state index contributed by atoms with van der Waals surface area (Å²) in [6.07, 6.45) is 2.19. The predicted octanol–water partition coefficient (Wildman–Crippen LogP) is 2.46. The highest BCUT2D eigenvalue weighted by Crippen LogP contribution is 2.37. The van der Waals surface area contributed by atoms with Crippen LogP contribution in [0.1, 0.15) is 20.7 Å². The zero-order valence-corrected chi connectivity index (χ0v) is 11.7. The maximum absolute atomic E-state index is 11.5. The van der Waals surface area contributed by atoms with Crippen molar-refractivity contribution in [2.75, 3.05) is 5.73 Å². The lowest BCUT2D eigenvalue weighted by Gasteiger charge is -1.99. The molecule has 1 amide bonds. The number of amides is 1. The maximum atomic E-state index is 11.5. The largest absolute Gasteiger partial charge is 0.383 e. The van der Waals surface area contributed by atoms with E-state index in [0.29, 0.717) is 22.3 Å². The molecule has 2 heterocycles. The number of nitrogen functional groups attached to an aromatic ring is 1. The highest BCUT2D eigenvalue weighted by molar-refractivity contribution is 7.22. The second-order valence-corrected chi connectivity index (χ2v) is 5.57. The first-order chi connectivity index (χ1) is 10.1. The summed E-state index contributed by atoms with van der Waals surface area (Å²) in [4.78, 5) is 27.1. The minimum absolute atomic E-state index is 0.361. The van der Waals surface area contributed by atoms with E-state index in [4.69, 9.17) is 11.5 Å². The number of nitrogens with zero attached hydrogens (tertiary/aromatic N) is 1. The van der Waals surface area contributed by atoms with Crippen molar-refractivity contribution in [3.8, 4) is 10.4 Å². The minimum atomic E-state index is -0.530. The topological polar surface area (TPSA) is 99.1 Å². The van der Waals surface area contributed by atoms with Crippen LogP contribution in [0.2, 0.25) is 0 Å². The van der Waals surface area contributed by atoms with Gasteiger partial charge >= 0.3 is 0 Å². The lowest BCUT2D eigenvalue weighted by Crippen LogP contribution is -2.11. The van der Waals surface area contributed by atoms with Crippen LogP contribution in [-0.2, 0) is 0 Å². The number of thiophene rings is 1. The van der Waals surface area contributed by atoms with Gasteiger partial charge in [0, 0.05) is 22.0 Å². The fourth-order valence-corrected chi connectivity index (χ4v) is 3.27. The molecule has 0 fully saturated rings. The summed E-state index contributed by atoms with van der Waals surface area (Å²) in [7, 11) is 0. The number of fused-ring (bicyclic) bond motifs is 1. The molecule has 6 heteroatoms. The second-order valence-electron chi connectivity index (χ2n) is 4.51. The molecule has 0 aliphatic carbocycles. The lowest BCUT2D eigenvalue weighted by atomic mass is 10.1. The Bertz CT molecular complexity index is 853. The van der Waals surface area contributed by atoms with E-state index in [9.17, 15) is 9.59 Å². The van der Waals surface area contributed by atoms with Crippen LogP contribution in [-0.4, -0.2) is 17.2 Å². The first-order valence-corrected chi connectivity index (χ1v) is 6.95. The van der Waals surface area contributed by atoms with Crippen LogP contribution in [0.5, 0.6) is 0 Å². The Hall–Kier alpha value is -2.73. The van der Waals surface area contributed by atoms with Gasteiger partial charge in [0.25, 0.3) is 5.91 Å². The number of pyridine rings is 1. The van der Waals surface area contributed by atoms with Gasteiger partial charge in [0.15, 0.2) is 0 Å². The first-order valence-electron chi connectivity index (χ1n) is 6.13. The molecule has 0 bridgehead atoms. The summed E-state index contributed by atoms with van der Waals surface area (Å²) in [5, 5.41) is 0.714. The number of nitrogens with two attached hydrogens (primary N) is 2. The molecule has 3 rings (SSSR count). The Balaban J connectivity index is 2.20. The van der Waals surface area contributed by atoms with Gasteiger partial charge in [0.1, 0.15) is 12.1 Å². The minimum Gasteiger partial charge on any atom is -0.383 e. The van der Waals surface area contributed by atoms with Gasteiger partial charge in [-0.3, -0.25) is 9.59 Å². The van der Waals surface area contributed by atoms with Crippen molar-refractivity contribution in [3.63, 3.8) is 0 Å². The number of hydrogen-bond acceptors (Lipinski definition) is 5. The average Bonchev–Trinajstić information content (AvgIpc) is 2.93. The molecular weight excluding hydrogens is 286 g/mol. The molecule has 2 aromatic heterocycles. The van der Waals surface area contributed by atoms with Gasteiger partial charge < -0.3 is 11.5 Å². The average molecular weight is 297 g/mol. The molecule has 4 N–H and O–H groups in total. The lowest BCUT2D eigenvalue weighted by molar-refractivity contribution is 0.100. The molecule has 0 spiro atoms. The van der Waals surface area contributed by atoms with E-state index >= 15 is 0 Å². The van der Waals surface area contributed by atoms with Crippen molar-refractivity contribution in [2.45, 2.75) is 0 Å². The zero-order chi connectivity index (χ0) is 15.0. The molecule has 0 atom stereocenters. The summed E-state index contributed by atoms with van der Waals surface area (Å²) in [5.41, 5.74) is 13.1. The number of carbonyl (C=O) groups is 2. The van der Waals surface area contributed by atoms with E-state index in [2.05, 4.69) is 4.98 Å². The Kier molecular flexibility index (Phi) is 3.15. The van der Waals surface area contributed by atoms with E-state index < -0.39 is 5.91 Å². The van der Waals surface area contributed by atoms with Gasteiger partial charge in [-0.1, -0.05) is 24.3 Å². The molecule has 3 aromatic rings.